The predicted octanol–water partition coefficient (Wildman–Crippen LogP) is -0.517. The van der Waals surface area contributed by atoms with Crippen molar-refractivity contribution in [2.24, 2.45) is 0 Å². The summed E-state index contributed by atoms with van der Waals surface area (Å²) in [5.74, 6) is -3.31. The second-order valence-corrected chi connectivity index (χ2v) is 4.71. The van der Waals surface area contributed by atoms with Crippen molar-refractivity contribution in [3.8, 4) is 0 Å². The molecule has 0 aliphatic heterocycles. The summed E-state index contributed by atoms with van der Waals surface area (Å²) >= 11 is 0. The Bertz CT molecular complexity index is 293. The number of hydrogen-bond acceptors (Lipinski definition) is 4. The van der Waals surface area contributed by atoms with Crippen LogP contribution in [0.4, 0.5) is 0 Å². The molecule has 70 valence electrons. The van der Waals surface area contributed by atoms with E-state index in [2.05, 4.69) is 10.7 Å². The fourth-order valence-electron chi connectivity index (χ4n) is 0.466. The van der Waals surface area contributed by atoms with Crippen molar-refractivity contribution < 1.29 is 28.2 Å². The molecular weight excluding hydrogens is 212 g/mol. The van der Waals surface area contributed by atoms with E-state index in [0.717, 1.165) is 0 Å². The van der Waals surface area contributed by atoms with E-state index in [0.29, 0.717) is 0 Å². The van der Waals surface area contributed by atoms with Gasteiger partial charge in [-0.2, -0.15) is 0 Å². The minimum atomic E-state index is -4.37. The molecule has 0 aliphatic carbocycles. The SMILES string of the molecule is O=C(O)CC(C(=O)O)S(=O)(=O)Cl. The van der Waals surface area contributed by atoms with E-state index in [9.17, 15) is 18.0 Å². The lowest BCUT2D eigenvalue weighted by Crippen LogP contribution is -2.29. The first kappa shape index (κ1) is 11.2. The Morgan fingerprint density at radius 3 is 1.83 bits per heavy atom. The van der Waals surface area contributed by atoms with Gasteiger partial charge in [-0.05, 0) is 0 Å². The van der Waals surface area contributed by atoms with Gasteiger partial charge in [-0.25, -0.2) is 8.42 Å². The summed E-state index contributed by atoms with van der Waals surface area (Å²) in [4.78, 5) is 20.1. The van der Waals surface area contributed by atoms with Crippen molar-refractivity contribution in [2.75, 3.05) is 0 Å². The van der Waals surface area contributed by atoms with Crippen LogP contribution in [0.2, 0.25) is 0 Å². The lowest BCUT2D eigenvalue weighted by molar-refractivity contribution is -0.143. The van der Waals surface area contributed by atoms with E-state index in [1.807, 2.05) is 0 Å². The Labute approximate surface area is 72.2 Å². The normalized spacial score (nSPS) is 13.8. The molecule has 0 aromatic rings. The van der Waals surface area contributed by atoms with E-state index in [1.165, 1.54) is 0 Å². The molecule has 0 heterocycles. The van der Waals surface area contributed by atoms with Crippen LogP contribution in [0, 0.1) is 0 Å². The highest BCUT2D eigenvalue weighted by atomic mass is 35.7. The largest absolute Gasteiger partial charge is 0.481 e. The van der Waals surface area contributed by atoms with Crippen molar-refractivity contribution >= 4 is 31.7 Å². The zero-order chi connectivity index (χ0) is 9.94. The number of carbonyl (C=O) groups is 2. The second-order valence-electron chi connectivity index (χ2n) is 1.90. The maximum Gasteiger partial charge on any atom is 0.323 e. The highest BCUT2D eigenvalue weighted by Gasteiger charge is 2.32. The minimum Gasteiger partial charge on any atom is -0.481 e. The van der Waals surface area contributed by atoms with Crippen LogP contribution in [0.15, 0.2) is 0 Å². The van der Waals surface area contributed by atoms with Crippen molar-refractivity contribution in [1.29, 1.82) is 0 Å². The lowest BCUT2D eigenvalue weighted by Gasteiger charge is -2.03. The number of rotatable bonds is 4. The fraction of sp³-hybridized carbons (Fsp3) is 0.500. The summed E-state index contributed by atoms with van der Waals surface area (Å²) < 4.78 is 20.9. The van der Waals surface area contributed by atoms with Crippen LogP contribution in [-0.2, 0) is 18.6 Å². The molecule has 0 amide bonds. The Hall–Kier alpha value is -0.820. The van der Waals surface area contributed by atoms with Crippen molar-refractivity contribution in [1.82, 2.24) is 0 Å². The third-order valence-corrected chi connectivity index (χ3v) is 2.67. The monoisotopic (exact) mass is 216 g/mol. The molecule has 0 radical (unpaired) electrons. The molecule has 0 aromatic heterocycles. The minimum absolute atomic E-state index is 1.04. The van der Waals surface area contributed by atoms with Crippen LogP contribution in [0.3, 0.4) is 0 Å². The zero-order valence-corrected chi connectivity index (χ0v) is 7.17. The van der Waals surface area contributed by atoms with Crippen molar-refractivity contribution in [2.45, 2.75) is 11.7 Å². The Morgan fingerprint density at radius 2 is 1.75 bits per heavy atom. The molecular formula is C4H5ClO6S. The van der Waals surface area contributed by atoms with Gasteiger partial charge in [-0.3, -0.25) is 9.59 Å². The number of halogens is 1. The van der Waals surface area contributed by atoms with Gasteiger partial charge in [-0.1, -0.05) is 0 Å². The number of carboxylic acid groups (broad SMARTS) is 2. The second kappa shape index (κ2) is 3.72. The summed E-state index contributed by atoms with van der Waals surface area (Å²) in [5, 5.41) is 14.3. The van der Waals surface area contributed by atoms with Gasteiger partial charge >= 0.3 is 11.9 Å². The summed E-state index contributed by atoms with van der Waals surface area (Å²) in [6, 6.07) is 0. The maximum atomic E-state index is 10.4. The predicted molar refractivity (Wildman–Crippen MR) is 38.4 cm³/mol. The zero-order valence-electron chi connectivity index (χ0n) is 5.60. The van der Waals surface area contributed by atoms with Gasteiger partial charge < -0.3 is 10.2 Å². The highest BCUT2D eigenvalue weighted by Crippen LogP contribution is 2.11. The molecule has 0 saturated heterocycles. The van der Waals surface area contributed by atoms with Crippen molar-refractivity contribution in [3.63, 3.8) is 0 Å². The number of aliphatic carboxylic acids is 2. The van der Waals surface area contributed by atoms with Gasteiger partial charge in [-0.15, -0.1) is 0 Å². The Balaban J connectivity index is 4.70. The topological polar surface area (TPSA) is 109 Å². The first-order valence-corrected chi connectivity index (χ1v) is 5.00. The smallest absolute Gasteiger partial charge is 0.323 e. The van der Waals surface area contributed by atoms with Gasteiger partial charge in [0.2, 0.25) is 9.05 Å². The molecule has 0 saturated carbocycles. The molecule has 0 aliphatic rings. The molecule has 1 atom stereocenters. The quantitative estimate of drug-likeness (QED) is 0.612. The average Bonchev–Trinajstić information content (AvgIpc) is 1.79. The third kappa shape index (κ3) is 3.54. The van der Waals surface area contributed by atoms with Crippen LogP contribution in [0.25, 0.3) is 0 Å². The summed E-state index contributed by atoms with van der Waals surface area (Å²) in [6.45, 7) is 0. The third-order valence-electron chi connectivity index (χ3n) is 0.975. The lowest BCUT2D eigenvalue weighted by atomic mass is 10.3. The van der Waals surface area contributed by atoms with Gasteiger partial charge in [0.1, 0.15) is 0 Å². The van der Waals surface area contributed by atoms with Crippen LogP contribution < -0.4 is 0 Å². The van der Waals surface area contributed by atoms with Gasteiger partial charge in [0.05, 0.1) is 6.42 Å². The van der Waals surface area contributed by atoms with E-state index in [4.69, 9.17) is 10.2 Å². The standard InChI is InChI=1S/C4H5ClO6S/c5-12(10,11)2(4(8)9)1-3(6)7/h2H,1H2,(H,6,7)(H,8,9). The van der Waals surface area contributed by atoms with Gasteiger partial charge in [0, 0.05) is 10.7 Å². The molecule has 2 N–H and O–H groups in total. The molecule has 12 heavy (non-hydrogen) atoms. The maximum absolute atomic E-state index is 10.4. The summed E-state index contributed by atoms with van der Waals surface area (Å²) in [7, 11) is 0.299. The number of carboxylic acids is 2. The number of hydrogen-bond donors (Lipinski definition) is 2. The van der Waals surface area contributed by atoms with E-state index < -0.39 is 32.7 Å². The Kier molecular flexibility index (Phi) is 3.47. The Morgan fingerprint density at radius 1 is 1.33 bits per heavy atom. The van der Waals surface area contributed by atoms with Gasteiger partial charge in [0.15, 0.2) is 5.25 Å². The molecule has 0 aromatic carbocycles. The van der Waals surface area contributed by atoms with E-state index >= 15 is 0 Å². The summed E-state index contributed by atoms with van der Waals surface area (Å²) in [5.41, 5.74) is 0. The van der Waals surface area contributed by atoms with Crippen LogP contribution >= 0.6 is 10.7 Å². The van der Waals surface area contributed by atoms with Crippen LogP contribution in [-0.4, -0.2) is 35.8 Å². The van der Waals surface area contributed by atoms with Gasteiger partial charge in [0.25, 0.3) is 0 Å². The molecule has 0 rings (SSSR count). The average molecular weight is 217 g/mol. The molecule has 1 unspecified atom stereocenters. The van der Waals surface area contributed by atoms with Crippen LogP contribution in [0.5, 0.6) is 0 Å². The van der Waals surface area contributed by atoms with E-state index in [1.54, 1.807) is 0 Å². The van der Waals surface area contributed by atoms with Crippen molar-refractivity contribution in [3.05, 3.63) is 0 Å². The summed E-state index contributed by atoms with van der Waals surface area (Å²) in [6.07, 6.45) is -1.04. The molecule has 0 spiro atoms. The molecule has 8 heteroatoms. The fourth-order valence-corrected chi connectivity index (χ4v) is 1.47. The first-order chi connectivity index (χ1) is 5.25. The molecule has 0 fully saturated rings. The van der Waals surface area contributed by atoms with E-state index in [-0.39, 0.29) is 0 Å². The molecule has 0 bridgehead atoms. The highest BCUT2D eigenvalue weighted by molar-refractivity contribution is 8.14. The first-order valence-electron chi connectivity index (χ1n) is 2.63. The molecule has 6 nitrogen and oxygen atoms in total. The van der Waals surface area contributed by atoms with Crippen LogP contribution in [0.1, 0.15) is 6.42 Å².